The van der Waals surface area contributed by atoms with Gasteiger partial charge in [-0.3, -0.25) is 4.79 Å². The second kappa shape index (κ2) is 6.00. The minimum Gasteiger partial charge on any atom is -0.394 e. The normalized spacial score (nSPS) is 18.7. The predicted molar refractivity (Wildman–Crippen MR) is 53.6 cm³/mol. The molecule has 0 bridgehead atoms. The minimum atomic E-state index is -5.88. The number of aliphatic hydroxyl groups is 1. The fourth-order valence-electron chi connectivity index (χ4n) is 1.76. The Bertz CT molecular complexity index is 313. The summed E-state index contributed by atoms with van der Waals surface area (Å²) in [5, 5.41) is 8.52. The number of halogens is 5. The topological polar surface area (TPSA) is 49.8 Å². The van der Waals surface area contributed by atoms with Crippen molar-refractivity contribution < 1.29 is 36.6 Å². The van der Waals surface area contributed by atoms with Crippen molar-refractivity contribution in [2.45, 2.75) is 31.0 Å². The van der Waals surface area contributed by atoms with Gasteiger partial charge >= 0.3 is 18.0 Å². The van der Waals surface area contributed by atoms with Gasteiger partial charge in [-0.05, 0) is 12.8 Å². The van der Waals surface area contributed by atoms with Gasteiger partial charge in [0.2, 0.25) is 0 Å². The molecule has 1 heterocycles. The van der Waals surface area contributed by atoms with Crippen molar-refractivity contribution in [1.82, 2.24) is 4.90 Å². The van der Waals surface area contributed by atoms with E-state index in [-0.39, 0.29) is 45.2 Å². The molecule has 0 radical (unpaired) electrons. The molecule has 0 aromatic carbocycles. The smallest absolute Gasteiger partial charge is 0.394 e. The van der Waals surface area contributed by atoms with Crippen LogP contribution >= 0.6 is 0 Å². The number of ether oxygens (including phenoxy) is 1. The number of alkyl halides is 5. The van der Waals surface area contributed by atoms with Gasteiger partial charge in [-0.1, -0.05) is 0 Å². The highest BCUT2D eigenvalue weighted by molar-refractivity contribution is 5.84. The van der Waals surface area contributed by atoms with Crippen LogP contribution in [0.5, 0.6) is 0 Å². The van der Waals surface area contributed by atoms with Gasteiger partial charge in [0.1, 0.15) is 0 Å². The molecule has 19 heavy (non-hydrogen) atoms. The maximum absolute atomic E-state index is 12.8. The number of amides is 1. The van der Waals surface area contributed by atoms with Crippen molar-refractivity contribution in [3.8, 4) is 0 Å². The van der Waals surface area contributed by atoms with E-state index in [4.69, 9.17) is 9.84 Å². The molecule has 112 valence electrons. The summed E-state index contributed by atoms with van der Waals surface area (Å²) in [6.07, 6.45) is -5.89. The van der Waals surface area contributed by atoms with Crippen LogP contribution in [-0.4, -0.2) is 60.4 Å². The lowest BCUT2D eigenvalue weighted by Crippen LogP contribution is -2.54. The van der Waals surface area contributed by atoms with Gasteiger partial charge in [-0.2, -0.15) is 22.0 Å². The maximum Gasteiger partial charge on any atom is 0.463 e. The number of piperidine rings is 1. The number of carbonyl (C=O) groups excluding carboxylic acids is 1. The Morgan fingerprint density at radius 1 is 1.21 bits per heavy atom. The van der Waals surface area contributed by atoms with Crippen molar-refractivity contribution in [2.75, 3.05) is 26.3 Å². The molecule has 0 aliphatic carbocycles. The summed E-state index contributed by atoms with van der Waals surface area (Å²) in [7, 11) is 0. The largest absolute Gasteiger partial charge is 0.463 e. The van der Waals surface area contributed by atoms with Crippen LogP contribution in [-0.2, 0) is 9.53 Å². The Balaban J connectivity index is 2.54. The number of aliphatic hydroxyl groups excluding tert-OH is 1. The first-order valence-electron chi connectivity index (χ1n) is 5.66. The molecule has 0 unspecified atom stereocenters. The van der Waals surface area contributed by atoms with E-state index >= 15 is 0 Å². The van der Waals surface area contributed by atoms with Crippen LogP contribution in [0, 0.1) is 0 Å². The van der Waals surface area contributed by atoms with E-state index in [0.29, 0.717) is 4.90 Å². The monoisotopic (exact) mass is 291 g/mol. The molecule has 0 atom stereocenters. The van der Waals surface area contributed by atoms with E-state index in [9.17, 15) is 26.7 Å². The van der Waals surface area contributed by atoms with Crippen LogP contribution in [0.4, 0.5) is 22.0 Å². The molecule has 1 fully saturated rings. The number of hydrogen-bond donors (Lipinski definition) is 1. The third-order valence-electron chi connectivity index (χ3n) is 2.80. The Morgan fingerprint density at radius 2 is 1.74 bits per heavy atom. The summed E-state index contributed by atoms with van der Waals surface area (Å²) >= 11 is 0. The number of rotatable bonds is 4. The van der Waals surface area contributed by atoms with Gasteiger partial charge < -0.3 is 14.7 Å². The highest BCUT2D eigenvalue weighted by Crippen LogP contribution is 2.37. The molecule has 0 saturated carbocycles. The van der Waals surface area contributed by atoms with Gasteiger partial charge in [-0.15, -0.1) is 0 Å². The Kier molecular flexibility index (Phi) is 5.08. The summed E-state index contributed by atoms with van der Waals surface area (Å²) < 4.78 is 66.9. The lowest BCUT2D eigenvalue weighted by molar-refractivity contribution is -0.275. The van der Waals surface area contributed by atoms with Crippen LogP contribution < -0.4 is 0 Å². The SMILES string of the molecule is O=C(N1CCC(OCCO)CC1)C(F)(F)C(F)(F)F. The third-order valence-corrected chi connectivity index (χ3v) is 2.80. The van der Waals surface area contributed by atoms with Crippen molar-refractivity contribution >= 4 is 5.91 Å². The maximum atomic E-state index is 12.8. The van der Waals surface area contributed by atoms with E-state index in [0.717, 1.165) is 0 Å². The molecule has 1 N–H and O–H groups in total. The second-order valence-electron chi connectivity index (χ2n) is 4.16. The average Bonchev–Trinajstić information content (AvgIpc) is 2.34. The van der Waals surface area contributed by atoms with E-state index in [2.05, 4.69) is 0 Å². The summed E-state index contributed by atoms with van der Waals surface area (Å²) in [6.45, 7) is -0.580. The predicted octanol–water partition coefficient (Wildman–Crippen LogP) is 1.18. The Hall–Kier alpha value is -0.960. The molecule has 1 aliphatic heterocycles. The van der Waals surface area contributed by atoms with E-state index < -0.39 is 18.0 Å². The van der Waals surface area contributed by atoms with Crippen molar-refractivity contribution in [3.05, 3.63) is 0 Å². The van der Waals surface area contributed by atoms with Crippen LogP contribution in [0.2, 0.25) is 0 Å². The molecular formula is C10H14F5NO3. The van der Waals surface area contributed by atoms with E-state index in [1.807, 2.05) is 0 Å². The molecule has 0 aromatic rings. The van der Waals surface area contributed by atoms with Gasteiger partial charge in [0.25, 0.3) is 0 Å². The standard InChI is InChI=1S/C10H14F5NO3/c11-9(12,10(13,14)15)8(18)16-3-1-7(2-4-16)19-6-5-17/h7,17H,1-6H2. The average molecular weight is 291 g/mol. The zero-order valence-corrected chi connectivity index (χ0v) is 9.92. The summed E-state index contributed by atoms with van der Waals surface area (Å²) in [5.41, 5.74) is 0. The quantitative estimate of drug-likeness (QED) is 0.791. The first-order valence-corrected chi connectivity index (χ1v) is 5.66. The lowest BCUT2D eigenvalue weighted by Gasteiger charge is -2.34. The van der Waals surface area contributed by atoms with E-state index in [1.54, 1.807) is 0 Å². The van der Waals surface area contributed by atoms with Crippen molar-refractivity contribution in [3.63, 3.8) is 0 Å². The number of nitrogens with zero attached hydrogens (tertiary/aromatic N) is 1. The van der Waals surface area contributed by atoms with Gasteiger partial charge in [0, 0.05) is 13.1 Å². The first kappa shape index (κ1) is 16.1. The summed E-state index contributed by atoms with van der Waals surface area (Å²) in [4.78, 5) is 11.7. The number of hydrogen-bond acceptors (Lipinski definition) is 3. The Labute approximate surface area is 106 Å². The molecule has 0 aromatic heterocycles. The highest BCUT2D eigenvalue weighted by Gasteiger charge is 2.64. The minimum absolute atomic E-state index is 0.0668. The molecule has 4 nitrogen and oxygen atoms in total. The van der Waals surface area contributed by atoms with Crippen LogP contribution in [0.1, 0.15) is 12.8 Å². The molecule has 0 spiro atoms. The van der Waals surface area contributed by atoms with Crippen molar-refractivity contribution in [2.24, 2.45) is 0 Å². The zero-order valence-electron chi connectivity index (χ0n) is 9.92. The van der Waals surface area contributed by atoms with Crippen LogP contribution in [0.3, 0.4) is 0 Å². The summed E-state index contributed by atoms with van der Waals surface area (Å²) in [5.74, 6) is -7.58. The molecule has 1 amide bonds. The Morgan fingerprint density at radius 3 is 2.16 bits per heavy atom. The third kappa shape index (κ3) is 3.75. The van der Waals surface area contributed by atoms with Gasteiger partial charge in [0.15, 0.2) is 0 Å². The first-order chi connectivity index (χ1) is 8.70. The summed E-state index contributed by atoms with van der Waals surface area (Å²) in [6, 6.07) is 0. The van der Waals surface area contributed by atoms with Gasteiger partial charge in [-0.25, -0.2) is 0 Å². The number of carbonyl (C=O) groups is 1. The fraction of sp³-hybridized carbons (Fsp3) is 0.900. The highest BCUT2D eigenvalue weighted by atomic mass is 19.4. The van der Waals surface area contributed by atoms with Crippen molar-refractivity contribution in [1.29, 1.82) is 0 Å². The molecule has 9 heteroatoms. The van der Waals surface area contributed by atoms with E-state index in [1.165, 1.54) is 0 Å². The molecule has 1 aliphatic rings. The molecular weight excluding hydrogens is 277 g/mol. The zero-order chi connectivity index (χ0) is 14.7. The molecule has 1 rings (SSSR count). The lowest BCUT2D eigenvalue weighted by atomic mass is 10.1. The second-order valence-corrected chi connectivity index (χ2v) is 4.16. The molecule has 1 saturated heterocycles. The number of likely N-dealkylation sites (tertiary alicyclic amines) is 1. The van der Waals surface area contributed by atoms with Gasteiger partial charge in [0.05, 0.1) is 19.3 Å². The fourth-order valence-corrected chi connectivity index (χ4v) is 1.76. The van der Waals surface area contributed by atoms with Crippen LogP contribution in [0.15, 0.2) is 0 Å². The van der Waals surface area contributed by atoms with Crippen LogP contribution in [0.25, 0.3) is 0 Å².